The van der Waals surface area contributed by atoms with E-state index in [1.807, 2.05) is 0 Å². The molecule has 2 aromatic rings. The second-order valence-corrected chi connectivity index (χ2v) is 12.5. The second kappa shape index (κ2) is 15.4. The van der Waals surface area contributed by atoms with Crippen molar-refractivity contribution in [2.24, 2.45) is 0 Å². The van der Waals surface area contributed by atoms with Crippen molar-refractivity contribution in [3.8, 4) is 23.0 Å². The van der Waals surface area contributed by atoms with Crippen LogP contribution in [0.5, 0.6) is 23.0 Å². The highest BCUT2D eigenvalue weighted by atomic mass is 16.7. The van der Waals surface area contributed by atoms with Gasteiger partial charge in [0.2, 0.25) is 0 Å². The molecule has 2 heterocycles. The number of rotatable bonds is 13. The van der Waals surface area contributed by atoms with Crippen LogP contribution in [-0.4, -0.2) is 151 Å². The van der Waals surface area contributed by atoms with E-state index in [1.165, 1.54) is 38.5 Å². The number of ether oxygens (including phenoxy) is 6. The van der Waals surface area contributed by atoms with Crippen LogP contribution < -0.4 is 9.47 Å². The minimum absolute atomic E-state index is 0.113. The number of aromatic hydroxyl groups is 2. The Bertz CT molecular complexity index is 1260. The molecule has 2 aliphatic rings. The van der Waals surface area contributed by atoms with Crippen LogP contribution in [-0.2, 0) is 31.8 Å². The van der Waals surface area contributed by atoms with Gasteiger partial charge in [0, 0.05) is 12.8 Å². The number of aliphatic hydroxyl groups excluding tert-OH is 8. The molecular weight excluding hydrogens is 640 g/mol. The van der Waals surface area contributed by atoms with Crippen LogP contribution >= 0.6 is 0 Å². The van der Waals surface area contributed by atoms with Crippen molar-refractivity contribution in [3.63, 3.8) is 0 Å². The molecule has 0 bridgehead atoms. The van der Waals surface area contributed by atoms with Crippen molar-refractivity contribution in [2.75, 3.05) is 27.4 Å². The molecule has 0 unspecified atom stereocenters. The first-order valence-corrected chi connectivity index (χ1v) is 15.3. The standard InChI is InChI=1S/C32H46O16/c1-31(11-15-5-7-17(35)19(9-15)43-3,47-29-27(41)25(39)23(37)21(13-33)45-29)32(2,12-16-6-8-18(36)20(10-16)44-4)48-30-28(42)26(40)24(38)22(14-34)46-30/h5-10,21-30,33-42H,11-14H2,1-4H3/t21-,22-,23-,24-,25+,26+,27-,28-,29+,30+,31-,32-/m1/s1. The molecule has 4 rings (SSSR count). The average molecular weight is 687 g/mol. The maximum atomic E-state index is 11.0. The van der Waals surface area contributed by atoms with E-state index in [4.69, 9.17) is 28.4 Å². The first-order chi connectivity index (χ1) is 22.6. The zero-order valence-corrected chi connectivity index (χ0v) is 27.0. The predicted octanol–water partition coefficient (Wildman–Crippen LogP) is -1.95. The smallest absolute Gasteiger partial charge is 0.187 e. The lowest BCUT2D eigenvalue weighted by Gasteiger charge is -2.52. The van der Waals surface area contributed by atoms with E-state index in [9.17, 15) is 51.1 Å². The van der Waals surface area contributed by atoms with Gasteiger partial charge in [-0.3, -0.25) is 0 Å². The summed E-state index contributed by atoms with van der Waals surface area (Å²) in [5.41, 5.74) is -2.48. The quantitative estimate of drug-likeness (QED) is 0.110. The van der Waals surface area contributed by atoms with Gasteiger partial charge >= 0.3 is 0 Å². The summed E-state index contributed by atoms with van der Waals surface area (Å²) in [6.07, 6.45) is -16.9. The molecule has 2 fully saturated rings. The number of aliphatic hydroxyl groups is 8. The van der Waals surface area contributed by atoms with E-state index in [0.717, 1.165) is 0 Å². The summed E-state index contributed by atoms with van der Waals surface area (Å²) in [5, 5.41) is 104. The van der Waals surface area contributed by atoms with Gasteiger partial charge in [0.05, 0.1) is 27.4 Å². The highest BCUT2D eigenvalue weighted by Crippen LogP contribution is 2.43. The van der Waals surface area contributed by atoms with Crippen LogP contribution in [0.1, 0.15) is 25.0 Å². The molecule has 0 amide bonds. The monoisotopic (exact) mass is 686 g/mol. The SMILES string of the molecule is COc1cc(C[C@@](C)(O[C@@H]2O[C@H](CO)[C@@H](O)[C@H](O)[C@H]2O)[C@@](C)(Cc2ccc(O)c(OC)c2)O[C@@H]2O[C@H](CO)[C@@H](O)[C@H](O)[C@H]2O)ccc1O. The average Bonchev–Trinajstić information content (AvgIpc) is 3.06. The molecule has 0 radical (unpaired) electrons. The third kappa shape index (κ3) is 7.65. The number of hydrogen-bond acceptors (Lipinski definition) is 16. The minimum Gasteiger partial charge on any atom is -0.504 e. The fraction of sp³-hybridized carbons (Fsp3) is 0.625. The van der Waals surface area contributed by atoms with Crippen molar-refractivity contribution in [1.29, 1.82) is 0 Å². The third-order valence-electron chi connectivity index (χ3n) is 9.14. The van der Waals surface area contributed by atoms with Gasteiger partial charge < -0.3 is 79.5 Å². The molecule has 2 aliphatic heterocycles. The lowest BCUT2D eigenvalue weighted by molar-refractivity contribution is -0.375. The first kappa shape index (κ1) is 38.0. The van der Waals surface area contributed by atoms with E-state index >= 15 is 0 Å². The Morgan fingerprint density at radius 2 is 0.938 bits per heavy atom. The van der Waals surface area contributed by atoms with Crippen LogP contribution in [0.25, 0.3) is 0 Å². The molecule has 0 aromatic heterocycles. The highest BCUT2D eigenvalue weighted by molar-refractivity contribution is 5.43. The Labute approximate surface area is 276 Å². The molecule has 12 atom stereocenters. The molecule has 10 N–H and O–H groups in total. The second-order valence-electron chi connectivity index (χ2n) is 12.5. The van der Waals surface area contributed by atoms with E-state index in [0.29, 0.717) is 11.1 Å². The summed E-state index contributed by atoms with van der Waals surface area (Å²) in [5.74, 6) is -0.0892. The van der Waals surface area contributed by atoms with Crippen LogP contribution in [0.4, 0.5) is 0 Å². The van der Waals surface area contributed by atoms with Crippen LogP contribution in [0.3, 0.4) is 0 Å². The Balaban J connectivity index is 1.87. The largest absolute Gasteiger partial charge is 0.504 e. The summed E-state index contributed by atoms with van der Waals surface area (Å²) < 4.78 is 34.9. The molecule has 2 saturated heterocycles. The molecule has 270 valence electrons. The lowest BCUT2D eigenvalue weighted by atomic mass is 9.76. The highest BCUT2D eigenvalue weighted by Gasteiger charge is 2.56. The van der Waals surface area contributed by atoms with E-state index < -0.39 is 85.8 Å². The molecule has 0 spiro atoms. The number of benzene rings is 2. The summed E-state index contributed by atoms with van der Waals surface area (Å²) in [4.78, 5) is 0. The number of phenolic OH excluding ortho intramolecular Hbond substituents is 2. The van der Waals surface area contributed by atoms with Gasteiger partial charge in [-0.2, -0.15) is 0 Å². The van der Waals surface area contributed by atoms with Crippen LogP contribution in [0.15, 0.2) is 36.4 Å². The Morgan fingerprint density at radius 3 is 1.25 bits per heavy atom. The van der Waals surface area contributed by atoms with Crippen molar-refractivity contribution >= 4 is 0 Å². The van der Waals surface area contributed by atoms with E-state index in [2.05, 4.69) is 0 Å². The van der Waals surface area contributed by atoms with Gasteiger partial charge in [-0.1, -0.05) is 12.1 Å². The van der Waals surface area contributed by atoms with E-state index in [1.54, 1.807) is 26.0 Å². The molecule has 48 heavy (non-hydrogen) atoms. The molecule has 16 nitrogen and oxygen atoms in total. The fourth-order valence-corrected chi connectivity index (χ4v) is 5.99. The summed E-state index contributed by atoms with van der Waals surface area (Å²) >= 11 is 0. The lowest BCUT2D eigenvalue weighted by Crippen LogP contribution is -2.67. The van der Waals surface area contributed by atoms with Gasteiger partial charge in [-0.25, -0.2) is 0 Å². The van der Waals surface area contributed by atoms with Crippen molar-refractivity contribution in [2.45, 2.75) is 99.3 Å². The molecular formula is C32H46O16. The summed E-state index contributed by atoms with van der Waals surface area (Å²) in [6.45, 7) is 1.64. The summed E-state index contributed by atoms with van der Waals surface area (Å²) in [7, 11) is 2.71. The van der Waals surface area contributed by atoms with Gasteiger partial charge in [0.25, 0.3) is 0 Å². The van der Waals surface area contributed by atoms with E-state index in [-0.39, 0.29) is 35.8 Å². The molecule has 0 aliphatic carbocycles. The number of methoxy groups -OCH3 is 2. The number of phenols is 2. The zero-order chi connectivity index (χ0) is 35.6. The maximum absolute atomic E-state index is 11.0. The van der Waals surface area contributed by atoms with Crippen LogP contribution in [0, 0.1) is 0 Å². The van der Waals surface area contributed by atoms with Gasteiger partial charge in [-0.15, -0.1) is 0 Å². The first-order valence-electron chi connectivity index (χ1n) is 15.3. The number of hydrogen-bond donors (Lipinski definition) is 10. The van der Waals surface area contributed by atoms with Crippen LogP contribution in [0.2, 0.25) is 0 Å². The maximum Gasteiger partial charge on any atom is 0.187 e. The Kier molecular flexibility index (Phi) is 12.2. The third-order valence-corrected chi connectivity index (χ3v) is 9.14. The van der Waals surface area contributed by atoms with Gasteiger partial charge in [0.1, 0.15) is 60.0 Å². The fourth-order valence-electron chi connectivity index (χ4n) is 5.99. The summed E-state index contributed by atoms with van der Waals surface area (Å²) in [6, 6.07) is 8.91. The topological polar surface area (TPSA) is 258 Å². The Hall–Kier alpha value is -2.84. The predicted molar refractivity (Wildman–Crippen MR) is 163 cm³/mol. The Morgan fingerprint density at radius 1 is 0.583 bits per heavy atom. The van der Waals surface area contributed by atoms with Crippen molar-refractivity contribution in [1.82, 2.24) is 0 Å². The minimum atomic E-state index is -1.83. The molecule has 0 saturated carbocycles. The zero-order valence-electron chi connectivity index (χ0n) is 27.0. The normalized spacial score (nSPS) is 33.4. The van der Waals surface area contributed by atoms with Gasteiger partial charge in [0.15, 0.2) is 35.6 Å². The van der Waals surface area contributed by atoms with Gasteiger partial charge in [-0.05, 0) is 49.2 Å². The molecule has 2 aromatic carbocycles. The van der Waals surface area contributed by atoms with Crippen molar-refractivity contribution in [3.05, 3.63) is 47.5 Å². The van der Waals surface area contributed by atoms with Crippen molar-refractivity contribution < 1.29 is 79.5 Å². The molecule has 16 heteroatoms.